The topological polar surface area (TPSA) is 86.2 Å². The minimum absolute atomic E-state index is 0.299. The van der Waals surface area contributed by atoms with Crippen LogP contribution in [0.15, 0.2) is 10.2 Å². The molecule has 1 aromatic heterocycles. The lowest BCUT2D eigenvalue weighted by molar-refractivity contribution is 0.203. The van der Waals surface area contributed by atoms with E-state index in [2.05, 4.69) is 27.2 Å². The molecular weight excluding hydrogens is 208 g/mol. The highest BCUT2D eigenvalue weighted by molar-refractivity contribution is 5.70. The maximum absolute atomic E-state index is 5.67. The third-order valence-electron chi connectivity index (χ3n) is 2.32. The van der Waals surface area contributed by atoms with Gasteiger partial charge in [-0.05, 0) is 29.2 Å². The monoisotopic (exact) mass is 226 g/mol. The second-order valence-corrected chi connectivity index (χ2v) is 3.43. The molecule has 6 nitrogen and oxygen atoms in total. The summed E-state index contributed by atoms with van der Waals surface area (Å²) >= 11 is 0. The summed E-state index contributed by atoms with van der Waals surface area (Å²) in [5.41, 5.74) is 8.26. The molecule has 1 aromatic rings. The van der Waals surface area contributed by atoms with Gasteiger partial charge in [-0.15, -0.1) is 0 Å². The molecule has 0 saturated heterocycles. The average molecular weight is 226 g/mol. The first-order valence-electron chi connectivity index (χ1n) is 5.21. The largest absolute Gasteiger partial charge is 0.383 e. The maximum Gasteiger partial charge on any atom is 0.197 e. The highest BCUT2D eigenvalue weighted by Gasteiger charge is 2.13. The van der Waals surface area contributed by atoms with Crippen LogP contribution in [-0.2, 0) is 4.74 Å². The number of nitrogen functional groups attached to an aromatic ring is 1. The molecule has 0 aliphatic heterocycles. The Hall–Kier alpha value is -1.56. The van der Waals surface area contributed by atoms with Crippen molar-refractivity contribution in [3.05, 3.63) is 11.3 Å². The van der Waals surface area contributed by atoms with Crippen molar-refractivity contribution in [1.29, 1.82) is 0 Å². The Balaban J connectivity index is 2.85. The lowest BCUT2D eigenvalue weighted by atomic mass is 10.1. The van der Waals surface area contributed by atoms with E-state index in [1.807, 2.05) is 6.92 Å². The molecule has 0 aromatic carbocycles. The molecule has 0 aliphatic carbocycles. The molecule has 16 heavy (non-hydrogen) atoms. The number of anilines is 1. The zero-order valence-corrected chi connectivity index (χ0v) is 9.91. The van der Waals surface area contributed by atoms with E-state index < -0.39 is 0 Å². The van der Waals surface area contributed by atoms with Crippen LogP contribution in [0.2, 0.25) is 0 Å². The first-order valence-corrected chi connectivity index (χ1v) is 5.21. The normalized spacial score (nSPS) is 12.4. The van der Waals surface area contributed by atoms with Gasteiger partial charge in [0.1, 0.15) is 0 Å². The molecule has 3 N–H and O–H groups in total. The van der Waals surface area contributed by atoms with Crippen LogP contribution in [0.3, 0.4) is 0 Å². The summed E-state index contributed by atoms with van der Waals surface area (Å²) in [6, 6.07) is 0. The number of ether oxygens (including phenoxy) is 1. The van der Waals surface area contributed by atoms with Crippen LogP contribution in [0.5, 0.6) is 0 Å². The predicted octanol–water partition coefficient (Wildman–Crippen LogP) is 1.03. The van der Waals surface area contributed by atoms with Crippen LogP contribution in [-0.4, -0.2) is 30.6 Å². The zero-order valence-electron chi connectivity index (χ0n) is 9.91. The van der Waals surface area contributed by atoms with Crippen LogP contribution in [0.25, 0.3) is 5.70 Å². The van der Waals surface area contributed by atoms with Crippen molar-refractivity contribution in [3.8, 4) is 0 Å². The SMILES string of the molecule is CC/C(C)=C(/NCCOC)c1nonc1N. The number of rotatable bonds is 6. The van der Waals surface area contributed by atoms with E-state index >= 15 is 0 Å². The van der Waals surface area contributed by atoms with Gasteiger partial charge < -0.3 is 15.8 Å². The number of hydrogen-bond donors (Lipinski definition) is 2. The summed E-state index contributed by atoms with van der Waals surface area (Å²) in [7, 11) is 1.66. The smallest absolute Gasteiger partial charge is 0.197 e. The van der Waals surface area contributed by atoms with Crippen LogP contribution in [0.4, 0.5) is 5.82 Å². The number of allylic oxidation sites excluding steroid dienone is 1. The third kappa shape index (κ3) is 2.96. The molecule has 0 aliphatic rings. The Labute approximate surface area is 94.8 Å². The molecule has 0 fully saturated rings. The van der Waals surface area contributed by atoms with Gasteiger partial charge in [-0.25, -0.2) is 4.63 Å². The van der Waals surface area contributed by atoms with Crippen molar-refractivity contribution in [3.63, 3.8) is 0 Å². The number of nitrogens with two attached hydrogens (primary N) is 1. The van der Waals surface area contributed by atoms with Crippen molar-refractivity contribution >= 4 is 11.5 Å². The molecule has 1 heterocycles. The van der Waals surface area contributed by atoms with Crippen molar-refractivity contribution in [2.75, 3.05) is 26.0 Å². The quantitative estimate of drug-likeness (QED) is 0.704. The molecule has 0 spiro atoms. The zero-order chi connectivity index (χ0) is 12.0. The van der Waals surface area contributed by atoms with Crippen LogP contribution in [0, 0.1) is 0 Å². The van der Waals surface area contributed by atoms with Crippen molar-refractivity contribution in [2.24, 2.45) is 0 Å². The van der Waals surface area contributed by atoms with Crippen molar-refractivity contribution in [1.82, 2.24) is 15.6 Å². The molecule has 0 bridgehead atoms. The molecule has 0 atom stereocenters. The molecule has 90 valence electrons. The number of nitrogens with zero attached hydrogens (tertiary/aromatic N) is 2. The van der Waals surface area contributed by atoms with Gasteiger partial charge in [-0.2, -0.15) is 0 Å². The van der Waals surface area contributed by atoms with E-state index in [1.54, 1.807) is 7.11 Å². The third-order valence-corrected chi connectivity index (χ3v) is 2.32. The van der Waals surface area contributed by atoms with Crippen LogP contribution >= 0.6 is 0 Å². The Morgan fingerprint density at radius 2 is 2.25 bits per heavy atom. The minimum Gasteiger partial charge on any atom is -0.383 e. The summed E-state index contributed by atoms with van der Waals surface area (Å²) in [4.78, 5) is 0. The predicted molar refractivity (Wildman–Crippen MR) is 61.5 cm³/mol. The number of nitrogens with one attached hydrogen (secondary N) is 1. The first kappa shape index (κ1) is 12.5. The molecular formula is C10H18N4O2. The number of methoxy groups -OCH3 is 1. The van der Waals surface area contributed by atoms with Crippen molar-refractivity contribution in [2.45, 2.75) is 20.3 Å². The Morgan fingerprint density at radius 3 is 2.75 bits per heavy atom. The molecule has 0 amide bonds. The van der Waals surface area contributed by atoms with Crippen molar-refractivity contribution < 1.29 is 9.37 Å². The fourth-order valence-electron chi connectivity index (χ4n) is 1.26. The summed E-state index contributed by atoms with van der Waals surface area (Å²) in [5, 5.41) is 10.6. The van der Waals surface area contributed by atoms with Gasteiger partial charge in [0.15, 0.2) is 11.5 Å². The second-order valence-electron chi connectivity index (χ2n) is 3.43. The summed E-state index contributed by atoms with van der Waals surface area (Å²) in [6.45, 7) is 5.39. The fourth-order valence-corrected chi connectivity index (χ4v) is 1.26. The fraction of sp³-hybridized carbons (Fsp3) is 0.600. The highest BCUT2D eigenvalue weighted by Crippen LogP contribution is 2.19. The maximum atomic E-state index is 5.67. The Kier molecular flexibility index (Phi) is 4.78. The van der Waals surface area contributed by atoms with Gasteiger partial charge in [0.2, 0.25) is 0 Å². The first-order chi connectivity index (χ1) is 7.70. The van der Waals surface area contributed by atoms with Gasteiger partial charge in [-0.3, -0.25) is 0 Å². The van der Waals surface area contributed by atoms with E-state index in [4.69, 9.17) is 10.5 Å². The standard InChI is InChI=1S/C10H18N4O2/c1-4-7(2)8(12-5-6-15-3)9-10(11)14-16-13-9/h12H,4-6H2,1-3H3,(H2,11,14)/b8-7+. The molecule has 6 heteroatoms. The van der Waals surface area contributed by atoms with Gasteiger partial charge in [0.05, 0.1) is 12.3 Å². The molecule has 0 radical (unpaired) electrons. The lowest BCUT2D eigenvalue weighted by Crippen LogP contribution is -2.19. The second kappa shape index (κ2) is 6.12. The Morgan fingerprint density at radius 1 is 1.50 bits per heavy atom. The summed E-state index contributed by atoms with van der Waals surface area (Å²) < 4.78 is 9.57. The summed E-state index contributed by atoms with van der Waals surface area (Å²) in [6.07, 6.45) is 0.904. The van der Waals surface area contributed by atoms with E-state index in [9.17, 15) is 0 Å². The molecule has 1 rings (SSSR count). The molecule has 0 unspecified atom stereocenters. The average Bonchev–Trinajstić information content (AvgIpc) is 2.70. The highest BCUT2D eigenvalue weighted by atomic mass is 16.6. The minimum atomic E-state index is 0.299. The molecule has 0 saturated carbocycles. The number of hydrogen-bond acceptors (Lipinski definition) is 6. The van der Waals surface area contributed by atoms with Gasteiger partial charge in [0, 0.05) is 13.7 Å². The van der Waals surface area contributed by atoms with Gasteiger partial charge >= 0.3 is 0 Å². The number of aromatic nitrogens is 2. The van der Waals surface area contributed by atoms with Gasteiger partial charge in [0.25, 0.3) is 0 Å². The van der Waals surface area contributed by atoms with Crippen LogP contribution < -0.4 is 11.1 Å². The van der Waals surface area contributed by atoms with Crippen LogP contribution in [0.1, 0.15) is 26.0 Å². The Bertz CT molecular complexity index is 359. The van der Waals surface area contributed by atoms with E-state index in [0.717, 1.165) is 17.7 Å². The van der Waals surface area contributed by atoms with E-state index in [-0.39, 0.29) is 0 Å². The lowest BCUT2D eigenvalue weighted by Gasteiger charge is -2.11. The summed E-state index contributed by atoms with van der Waals surface area (Å²) in [5.74, 6) is 0.299. The van der Waals surface area contributed by atoms with Gasteiger partial charge in [-0.1, -0.05) is 6.92 Å². The van der Waals surface area contributed by atoms with E-state index in [1.165, 1.54) is 0 Å². The van der Waals surface area contributed by atoms with E-state index in [0.29, 0.717) is 24.7 Å².